The average molecular weight is 335 g/mol. The smallest absolute Gasteiger partial charge is 0.317 e. The molecule has 21 heavy (non-hydrogen) atoms. The molecule has 0 heterocycles. The van der Waals surface area contributed by atoms with Gasteiger partial charge in [0.15, 0.2) is 6.73 Å². The van der Waals surface area contributed by atoms with Crippen LogP contribution in [0.1, 0.15) is 20.3 Å². The zero-order valence-electron chi connectivity index (χ0n) is 12.1. The zero-order chi connectivity index (χ0) is 15.7. The molecular weight excluding hydrogens is 315 g/mol. The second-order valence-electron chi connectivity index (χ2n) is 4.57. The number of halogens is 2. The molecule has 0 radical (unpaired) electrons. The Morgan fingerprint density at radius 1 is 1.29 bits per heavy atom. The van der Waals surface area contributed by atoms with Crippen LogP contribution in [0.4, 0.5) is 4.79 Å². The highest BCUT2D eigenvalue weighted by molar-refractivity contribution is 6.35. The molecular formula is C14H20Cl2N2O3. The summed E-state index contributed by atoms with van der Waals surface area (Å²) in [5.41, 5.74) is 0. The van der Waals surface area contributed by atoms with Gasteiger partial charge in [-0.1, -0.05) is 23.2 Å². The average Bonchev–Trinajstić information content (AvgIpc) is 2.40. The van der Waals surface area contributed by atoms with Crippen molar-refractivity contribution in [3.63, 3.8) is 0 Å². The third-order valence-corrected chi connectivity index (χ3v) is 2.94. The molecule has 0 unspecified atom stereocenters. The van der Waals surface area contributed by atoms with Gasteiger partial charge in [-0.3, -0.25) is 0 Å². The van der Waals surface area contributed by atoms with Crippen LogP contribution in [0.25, 0.3) is 0 Å². The molecule has 0 fully saturated rings. The summed E-state index contributed by atoms with van der Waals surface area (Å²) in [7, 11) is 0. The first-order valence-corrected chi connectivity index (χ1v) is 7.46. The maximum atomic E-state index is 11.5. The van der Waals surface area contributed by atoms with Crippen LogP contribution >= 0.6 is 23.2 Å². The van der Waals surface area contributed by atoms with E-state index in [1.165, 1.54) is 0 Å². The number of urea groups is 1. The molecule has 2 amide bonds. The maximum absolute atomic E-state index is 11.5. The molecule has 5 nitrogen and oxygen atoms in total. The van der Waals surface area contributed by atoms with Gasteiger partial charge in [0, 0.05) is 18.2 Å². The van der Waals surface area contributed by atoms with Crippen LogP contribution in [-0.2, 0) is 4.74 Å². The van der Waals surface area contributed by atoms with Crippen LogP contribution in [0.2, 0.25) is 10.0 Å². The number of rotatable bonds is 8. The standard InChI is InChI=1S/C14H20Cl2N2O3/c1-10(2)20-7-3-6-17-14(19)18-9-21-13-5-4-11(15)8-12(13)16/h4-5,8,10H,3,6-7,9H2,1-2H3,(H2,17,18,19). The lowest BCUT2D eigenvalue weighted by atomic mass is 10.3. The van der Waals surface area contributed by atoms with Gasteiger partial charge >= 0.3 is 6.03 Å². The van der Waals surface area contributed by atoms with E-state index in [1.54, 1.807) is 18.2 Å². The molecule has 0 aliphatic rings. The highest BCUT2D eigenvalue weighted by Gasteiger charge is 2.03. The summed E-state index contributed by atoms with van der Waals surface area (Å²) in [4.78, 5) is 11.5. The summed E-state index contributed by atoms with van der Waals surface area (Å²) >= 11 is 11.7. The van der Waals surface area contributed by atoms with Gasteiger partial charge in [-0.2, -0.15) is 0 Å². The Kier molecular flexibility index (Phi) is 8.27. The Morgan fingerprint density at radius 2 is 2.05 bits per heavy atom. The third-order valence-electron chi connectivity index (χ3n) is 2.41. The van der Waals surface area contributed by atoms with Gasteiger partial charge in [0.2, 0.25) is 0 Å². The second-order valence-corrected chi connectivity index (χ2v) is 5.41. The maximum Gasteiger partial charge on any atom is 0.317 e. The van der Waals surface area contributed by atoms with Crippen molar-refractivity contribution in [2.75, 3.05) is 19.9 Å². The molecule has 1 rings (SSSR count). The fraction of sp³-hybridized carbons (Fsp3) is 0.500. The topological polar surface area (TPSA) is 59.6 Å². The number of benzene rings is 1. The number of carbonyl (C=O) groups excluding carboxylic acids is 1. The van der Waals surface area contributed by atoms with E-state index in [9.17, 15) is 4.79 Å². The fourth-order valence-electron chi connectivity index (χ4n) is 1.43. The van der Waals surface area contributed by atoms with Crippen molar-refractivity contribution in [3.05, 3.63) is 28.2 Å². The molecule has 1 aromatic rings. The largest absolute Gasteiger partial charge is 0.472 e. The van der Waals surface area contributed by atoms with Gasteiger partial charge in [0.05, 0.1) is 11.1 Å². The van der Waals surface area contributed by atoms with Gasteiger partial charge in [-0.15, -0.1) is 0 Å². The third kappa shape index (κ3) is 7.99. The monoisotopic (exact) mass is 334 g/mol. The summed E-state index contributed by atoms with van der Waals surface area (Å²) in [6.07, 6.45) is 0.964. The van der Waals surface area contributed by atoms with Gasteiger partial charge in [-0.25, -0.2) is 4.79 Å². The summed E-state index contributed by atoms with van der Waals surface area (Å²) in [6.45, 7) is 5.13. The quantitative estimate of drug-likeness (QED) is 0.565. The number of hydrogen-bond donors (Lipinski definition) is 2. The van der Waals surface area contributed by atoms with Crippen molar-refractivity contribution in [2.24, 2.45) is 0 Å². The SMILES string of the molecule is CC(C)OCCCNC(=O)NCOc1ccc(Cl)cc1Cl. The summed E-state index contributed by atoms with van der Waals surface area (Å²) in [5, 5.41) is 6.20. The van der Waals surface area contributed by atoms with Crippen LogP contribution in [0.3, 0.4) is 0 Å². The minimum Gasteiger partial charge on any atom is -0.472 e. The predicted octanol–water partition coefficient (Wildman–Crippen LogP) is 3.44. The number of nitrogens with one attached hydrogen (secondary N) is 2. The second kappa shape index (κ2) is 9.71. The molecule has 7 heteroatoms. The van der Waals surface area contributed by atoms with E-state index >= 15 is 0 Å². The molecule has 0 aromatic heterocycles. The van der Waals surface area contributed by atoms with Gasteiger partial charge in [0.25, 0.3) is 0 Å². The van der Waals surface area contributed by atoms with E-state index in [-0.39, 0.29) is 18.9 Å². The Balaban J connectivity index is 2.13. The van der Waals surface area contributed by atoms with Crippen LogP contribution in [0.5, 0.6) is 5.75 Å². The Bertz CT molecular complexity index is 456. The predicted molar refractivity (Wildman–Crippen MR) is 84.2 cm³/mol. The van der Waals surface area contributed by atoms with Crippen LogP contribution in [-0.4, -0.2) is 32.0 Å². The summed E-state index contributed by atoms with van der Waals surface area (Å²) < 4.78 is 10.7. The molecule has 0 aliphatic carbocycles. The van der Waals surface area contributed by atoms with Crippen molar-refractivity contribution in [1.29, 1.82) is 0 Å². The summed E-state index contributed by atoms with van der Waals surface area (Å²) in [5.74, 6) is 0.465. The molecule has 0 spiro atoms. The molecule has 0 aliphatic heterocycles. The number of ether oxygens (including phenoxy) is 2. The van der Waals surface area contributed by atoms with E-state index in [0.29, 0.717) is 28.9 Å². The number of carbonyl (C=O) groups is 1. The van der Waals surface area contributed by atoms with Crippen molar-refractivity contribution in [2.45, 2.75) is 26.4 Å². The molecule has 0 saturated carbocycles. The van der Waals surface area contributed by atoms with E-state index in [0.717, 1.165) is 6.42 Å². The first kappa shape index (κ1) is 17.9. The number of amides is 2. The van der Waals surface area contributed by atoms with Crippen LogP contribution in [0.15, 0.2) is 18.2 Å². The lowest BCUT2D eigenvalue weighted by Gasteiger charge is -2.11. The minimum atomic E-state index is -0.301. The zero-order valence-corrected chi connectivity index (χ0v) is 13.6. The molecule has 0 bridgehead atoms. The van der Waals surface area contributed by atoms with Crippen molar-refractivity contribution < 1.29 is 14.3 Å². The van der Waals surface area contributed by atoms with E-state index in [1.807, 2.05) is 13.8 Å². The highest BCUT2D eigenvalue weighted by Crippen LogP contribution is 2.27. The molecule has 0 saturated heterocycles. The van der Waals surface area contributed by atoms with Crippen LogP contribution in [0, 0.1) is 0 Å². The minimum absolute atomic E-state index is 0.0235. The van der Waals surface area contributed by atoms with Gasteiger partial charge in [-0.05, 0) is 38.5 Å². The van der Waals surface area contributed by atoms with E-state index in [4.69, 9.17) is 32.7 Å². The number of hydrogen-bond acceptors (Lipinski definition) is 3. The first-order chi connectivity index (χ1) is 9.99. The highest BCUT2D eigenvalue weighted by atomic mass is 35.5. The van der Waals surface area contributed by atoms with Crippen molar-refractivity contribution >= 4 is 29.2 Å². The summed E-state index contributed by atoms with van der Waals surface area (Å²) in [6, 6.07) is 4.59. The van der Waals surface area contributed by atoms with Crippen LogP contribution < -0.4 is 15.4 Å². The van der Waals surface area contributed by atoms with Gasteiger partial charge in [0.1, 0.15) is 5.75 Å². The Hall–Kier alpha value is -1.17. The normalized spacial score (nSPS) is 10.5. The molecule has 0 atom stereocenters. The lowest BCUT2D eigenvalue weighted by Crippen LogP contribution is -2.38. The molecule has 1 aromatic carbocycles. The molecule has 2 N–H and O–H groups in total. The van der Waals surface area contributed by atoms with E-state index < -0.39 is 0 Å². The first-order valence-electron chi connectivity index (χ1n) is 6.70. The van der Waals surface area contributed by atoms with Gasteiger partial charge < -0.3 is 20.1 Å². The van der Waals surface area contributed by atoms with Crippen molar-refractivity contribution in [1.82, 2.24) is 10.6 Å². The molecule has 118 valence electrons. The van der Waals surface area contributed by atoms with Crippen molar-refractivity contribution in [3.8, 4) is 5.75 Å². The Morgan fingerprint density at radius 3 is 2.71 bits per heavy atom. The lowest BCUT2D eigenvalue weighted by molar-refractivity contribution is 0.0774. The Labute approximate surface area is 134 Å². The fourth-order valence-corrected chi connectivity index (χ4v) is 1.89. The van der Waals surface area contributed by atoms with E-state index in [2.05, 4.69) is 10.6 Å².